The first-order valence-electron chi connectivity index (χ1n) is 11.1. The first-order valence-corrected chi connectivity index (χ1v) is 11.9. The first kappa shape index (κ1) is 24.6. The normalized spacial score (nSPS) is 15.5. The highest BCUT2D eigenvalue weighted by molar-refractivity contribution is 7.07. The highest BCUT2D eigenvalue weighted by atomic mass is 32.1. The predicted octanol–water partition coefficient (Wildman–Crippen LogP) is 2.96. The van der Waals surface area contributed by atoms with Gasteiger partial charge in [0.15, 0.2) is 4.80 Å². The number of esters is 1. The molecule has 0 fully saturated rings. The number of hydrogen-bond donors (Lipinski definition) is 0. The Morgan fingerprint density at radius 3 is 2.51 bits per heavy atom. The second-order valence-corrected chi connectivity index (χ2v) is 8.77. The van der Waals surface area contributed by atoms with E-state index in [1.165, 1.54) is 35.1 Å². The fourth-order valence-electron chi connectivity index (χ4n) is 3.82. The van der Waals surface area contributed by atoms with Crippen molar-refractivity contribution in [2.45, 2.75) is 19.9 Å². The van der Waals surface area contributed by atoms with Crippen LogP contribution in [-0.2, 0) is 14.3 Å². The molecule has 7 nitrogen and oxygen atoms in total. The predicted molar refractivity (Wildman–Crippen MR) is 131 cm³/mol. The Balaban J connectivity index is 1.85. The molecule has 2 aromatic carbocycles. The third-order valence-electron chi connectivity index (χ3n) is 5.44. The number of halogens is 1. The summed E-state index contributed by atoms with van der Waals surface area (Å²) < 4.78 is 31.2. The van der Waals surface area contributed by atoms with Crippen LogP contribution in [0.2, 0.25) is 0 Å². The van der Waals surface area contributed by atoms with E-state index >= 15 is 0 Å². The minimum absolute atomic E-state index is 0.0805. The Kier molecular flexibility index (Phi) is 7.57. The van der Waals surface area contributed by atoms with Crippen LogP contribution in [0.4, 0.5) is 4.39 Å². The summed E-state index contributed by atoms with van der Waals surface area (Å²) in [6, 6.07) is 12.4. The average Bonchev–Trinajstić information content (AvgIpc) is 3.15. The largest absolute Gasteiger partial charge is 0.494 e. The minimum Gasteiger partial charge on any atom is -0.494 e. The molecule has 3 aromatic rings. The average molecular weight is 497 g/mol. The SMILES string of the molecule is CCOc1ccc([C@H]2C(C(=O)OCCOC)=C(C)N=c3s/c(=C/c4ccc(F)cc4)c(=O)n32)cc1. The molecular formula is C26H25FN2O5S. The quantitative estimate of drug-likeness (QED) is 0.354. The number of thiazole rings is 1. The standard InChI is InChI=1S/C26H25FN2O5S/c1-4-33-20-11-7-18(8-12-20)23-22(25(31)34-14-13-32-3)16(2)28-26-29(23)24(30)21(35-26)15-17-5-9-19(27)10-6-17/h5-12,15,23H,4,13-14H2,1-3H3/b21-15+/t23-/m0/s1. The lowest BCUT2D eigenvalue weighted by Crippen LogP contribution is -2.40. The molecule has 9 heteroatoms. The van der Waals surface area contributed by atoms with Crippen molar-refractivity contribution in [1.82, 2.24) is 4.57 Å². The summed E-state index contributed by atoms with van der Waals surface area (Å²) in [6.07, 6.45) is 1.69. The molecule has 0 N–H and O–H groups in total. The zero-order valence-electron chi connectivity index (χ0n) is 19.6. The molecule has 0 amide bonds. The zero-order valence-corrected chi connectivity index (χ0v) is 20.4. The zero-order chi connectivity index (χ0) is 24.9. The number of carbonyl (C=O) groups excluding carboxylic acids is 1. The van der Waals surface area contributed by atoms with Gasteiger partial charge < -0.3 is 14.2 Å². The number of carbonyl (C=O) groups is 1. The summed E-state index contributed by atoms with van der Waals surface area (Å²) in [5, 5.41) is 0. The lowest BCUT2D eigenvalue weighted by atomic mass is 9.96. The maximum atomic E-state index is 13.6. The van der Waals surface area contributed by atoms with Crippen molar-refractivity contribution in [3.05, 3.63) is 96.4 Å². The molecule has 1 aliphatic rings. The number of ether oxygens (including phenoxy) is 3. The van der Waals surface area contributed by atoms with E-state index in [9.17, 15) is 14.0 Å². The maximum Gasteiger partial charge on any atom is 0.338 e. The topological polar surface area (TPSA) is 79.1 Å². The molecule has 0 aliphatic carbocycles. The van der Waals surface area contributed by atoms with E-state index in [0.29, 0.717) is 33.0 Å². The summed E-state index contributed by atoms with van der Waals surface area (Å²) >= 11 is 1.21. The summed E-state index contributed by atoms with van der Waals surface area (Å²) in [7, 11) is 1.52. The Bertz CT molecular complexity index is 1420. The van der Waals surface area contributed by atoms with Gasteiger partial charge >= 0.3 is 5.97 Å². The number of aromatic nitrogens is 1. The van der Waals surface area contributed by atoms with Crippen LogP contribution in [0.3, 0.4) is 0 Å². The van der Waals surface area contributed by atoms with Gasteiger partial charge in [-0.2, -0.15) is 0 Å². The monoisotopic (exact) mass is 496 g/mol. The van der Waals surface area contributed by atoms with Gasteiger partial charge in [-0.15, -0.1) is 0 Å². The van der Waals surface area contributed by atoms with Crippen LogP contribution in [-0.4, -0.2) is 37.5 Å². The van der Waals surface area contributed by atoms with E-state index in [1.54, 1.807) is 37.3 Å². The number of rotatable bonds is 8. The van der Waals surface area contributed by atoms with Crippen LogP contribution >= 0.6 is 11.3 Å². The van der Waals surface area contributed by atoms with E-state index < -0.39 is 12.0 Å². The Morgan fingerprint density at radius 1 is 1.14 bits per heavy atom. The van der Waals surface area contributed by atoms with Crippen molar-refractivity contribution in [2.75, 3.05) is 26.9 Å². The summed E-state index contributed by atoms with van der Waals surface area (Å²) in [5.41, 5.74) is 1.86. The first-order chi connectivity index (χ1) is 16.9. The van der Waals surface area contributed by atoms with Crippen LogP contribution in [0, 0.1) is 5.82 Å². The number of allylic oxidation sites excluding steroid dienone is 1. The van der Waals surface area contributed by atoms with Gasteiger partial charge in [0.25, 0.3) is 5.56 Å². The van der Waals surface area contributed by atoms with Gasteiger partial charge in [0.05, 0.1) is 35.1 Å². The smallest absolute Gasteiger partial charge is 0.338 e. The fourth-order valence-corrected chi connectivity index (χ4v) is 4.86. The molecule has 1 atom stereocenters. The number of hydrogen-bond acceptors (Lipinski definition) is 7. The second kappa shape index (κ2) is 10.8. The molecular weight excluding hydrogens is 471 g/mol. The van der Waals surface area contributed by atoms with Crippen molar-refractivity contribution in [1.29, 1.82) is 0 Å². The molecule has 1 aromatic heterocycles. The van der Waals surface area contributed by atoms with Crippen LogP contribution in [0.5, 0.6) is 5.75 Å². The number of nitrogens with zero attached hydrogens (tertiary/aromatic N) is 2. The highest BCUT2D eigenvalue weighted by Crippen LogP contribution is 2.31. The lowest BCUT2D eigenvalue weighted by Gasteiger charge is -2.25. The molecule has 182 valence electrons. The Morgan fingerprint density at radius 2 is 1.86 bits per heavy atom. The lowest BCUT2D eigenvalue weighted by molar-refractivity contribution is -0.140. The summed E-state index contributed by atoms with van der Waals surface area (Å²) in [4.78, 5) is 31.7. The van der Waals surface area contributed by atoms with Gasteiger partial charge in [0.1, 0.15) is 18.2 Å². The van der Waals surface area contributed by atoms with Gasteiger partial charge in [-0.05, 0) is 55.3 Å². The molecule has 0 radical (unpaired) electrons. The Labute approximate surface area is 205 Å². The highest BCUT2D eigenvalue weighted by Gasteiger charge is 2.33. The van der Waals surface area contributed by atoms with Crippen LogP contribution in [0.25, 0.3) is 6.08 Å². The molecule has 1 aliphatic heterocycles. The number of benzene rings is 2. The second-order valence-electron chi connectivity index (χ2n) is 7.76. The van der Waals surface area contributed by atoms with Crippen molar-refractivity contribution < 1.29 is 23.4 Å². The van der Waals surface area contributed by atoms with Gasteiger partial charge in [-0.25, -0.2) is 14.2 Å². The van der Waals surface area contributed by atoms with Crippen LogP contribution in [0.15, 0.2) is 69.6 Å². The van der Waals surface area contributed by atoms with E-state index in [4.69, 9.17) is 14.2 Å². The van der Waals surface area contributed by atoms with E-state index in [0.717, 1.165) is 5.56 Å². The van der Waals surface area contributed by atoms with Gasteiger partial charge in [-0.3, -0.25) is 9.36 Å². The molecule has 0 bridgehead atoms. The minimum atomic E-state index is -0.729. The van der Waals surface area contributed by atoms with Gasteiger partial charge in [-0.1, -0.05) is 35.6 Å². The maximum absolute atomic E-state index is 13.6. The molecule has 4 rings (SSSR count). The number of fused-ring (bicyclic) bond motifs is 1. The third kappa shape index (κ3) is 5.26. The van der Waals surface area contributed by atoms with Crippen molar-refractivity contribution in [3.63, 3.8) is 0 Å². The molecule has 0 saturated heterocycles. The van der Waals surface area contributed by atoms with E-state index in [2.05, 4.69) is 4.99 Å². The third-order valence-corrected chi connectivity index (χ3v) is 6.42. The van der Waals surface area contributed by atoms with Crippen LogP contribution < -0.4 is 19.6 Å². The molecule has 0 spiro atoms. The van der Waals surface area contributed by atoms with Gasteiger partial charge in [0.2, 0.25) is 0 Å². The summed E-state index contributed by atoms with van der Waals surface area (Å²) in [6.45, 7) is 4.48. The molecule has 35 heavy (non-hydrogen) atoms. The Hall–Kier alpha value is -3.56. The van der Waals surface area contributed by atoms with E-state index in [-0.39, 0.29) is 30.2 Å². The molecule has 0 unspecified atom stereocenters. The molecule has 2 heterocycles. The summed E-state index contributed by atoms with van der Waals surface area (Å²) in [5.74, 6) is -0.230. The molecule has 0 saturated carbocycles. The van der Waals surface area contributed by atoms with Crippen molar-refractivity contribution in [3.8, 4) is 5.75 Å². The van der Waals surface area contributed by atoms with Crippen molar-refractivity contribution >= 4 is 23.4 Å². The van der Waals surface area contributed by atoms with E-state index in [1.807, 2.05) is 19.1 Å². The fraction of sp³-hybridized carbons (Fsp3) is 0.269. The van der Waals surface area contributed by atoms with Crippen molar-refractivity contribution in [2.24, 2.45) is 4.99 Å². The number of methoxy groups -OCH3 is 1. The van der Waals surface area contributed by atoms with Gasteiger partial charge in [0, 0.05) is 7.11 Å². The van der Waals surface area contributed by atoms with Crippen LogP contribution in [0.1, 0.15) is 31.0 Å².